The predicted molar refractivity (Wildman–Crippen MR) is 59.8 cm³/mol. The van der Waals surface area contributed by atoms with Crippen LogP contribution in [0, 0.1) is 5.92 Å². The van der Waals surface area contributed by atoms with Gasteiger partial charge in [-0.2, -0.15) is 0 Å². The molecule has 1 aliphatic rings. The van der Waals surface area contributed by atoms with E-state index in [0.29, 0.717) is 0 Å². The third-order valence-electron chi connectivity index (χ3n) is 3.04. The molecular weight excluding hydrogens is 208 g/mol. The molecule has 1 atom stereocenters. The topological polar surface area (TPSA) is 83.6 Å². The van der Waals surface area contributed by atoms with Crippen LogP contribution in [-0.2, 0) is 9.59 Å². The number of likely N-dealkylation sites (tertiary alicyclic amines) is 1. The molecule has 16 heavy (non-hydrogen) atoms. The molecule has 5 heteroatoms. The maximum absolute atomic E-state index is 10.9. The Bertz CT molecular complexity index is 256. The third-order valence-corrected chi connectivity index (χ3v) is 3.04. The van der Waals surface area contributed by atoms with Crippen molar-refractivity contribution in [2.45, 2.75) is 32.1 Å². The fourth-order valence-electron chi connectivity index (χ4n) is 2.06. The Kier molecular flexibility index (Phi) is 5.25. The summed E-state index contributed by atoms with van der Waals surface area (Å²) in [5, 5.41) is 8.46. The lowest BCUT2D eigenvalue weighted by Gasteiger charge is -2.14. The summed E-state index contributed by atoms with van der Waals surface area (Å²) in [4.78, 5) is 23.4. The van der Waals surface area contributed by atoms with E-state index in [1.807, 2.05) is 0 Å². The maximum atomic E-state index is 10.9. The molecule has 0 saturated carbocycles. The first-order chi connectivity index (χ1) is 7.59. The minimum atomic E-state index is -0.727. The highest BCUT2D eigenvalue weighted by atomic mass is 16.4. The second kappa shape index (κ2) is 6.48. The first-order valence-electron chi connectivity index (χ1n) is 5.83. The van der Waals surface area contributed by atoms with Crippen LogP contribution in [0.1, 0.15) is 32.1 Å². The molecule has 92 valence electrons. The Balaban J connectivity index is 2.02. The van der Waals surface area contributed by atoms with Crippen LogP contribution in [0.3, 0.4) is 0 Å². The second-order valence-electron chi connectivity index (χ2n) is 4.39. The van der Waals surface area contributed by atoms with Crippen LogP contribution >= 0.6 is 0 Å². The standard InChI is InChI=1S/C11H20N2O3/c12-11(16)9-5-7-13(8-9)6-3-1-2-4-10(14)15/h9H,1-8H2,(H2,12,16)(H,14,15). The average molecular weight is 228 g/mol. The van der Waals surface area contributed by atoms with Gasteiger partial charge in [0.15, 0.2) is 0 Å². The minimum absolute atomic E-state index is 0.0130. The molecule has 0 spiro atoms. The first kappa shape index (κ1) is 13.0. The van der Waals surface area contributed by atoms with E-state index in [0.717, 1.165) is 45.3 Å². The van der Waals surface area contributed by atoms with Gasteiger partial charge >= 0.3 is 5.97 Å². The molecule has 1 saturated heterocycles. The Labute approximate surface area is 95.6 Å². The van der Waals surface area contributed by atoms with Crippen molar-refractivity contribution in [2.24, 2.45) is 11.7 Å². The predicted octanol–water partition coefficient (Wildman–Crippen LogP) is 0.439. The quantitative estimate of drug-likeness (QED) is 0.619. The molecule has 0 aromatic heterocycles. The van der Waals surface area contributed by atoms with Gasteiger partial charge in [0.05, 0.1) is 5.92 Å². The highest BCUT2D eigenvalue weighted by Crippen LogP contribution is 2.16. The van der Waals surface area contributed by atoms with Gasteiger partial charge < -0.3 is 15.7 Å². The van der Waals surface area contributed by atoms with Gasteiger partial charge in [0, 0.05) is 13.0 Å². The second-order valence-corrected chi connectivity index (χ2v) is 4.39. The molecule has 0 aromatic carbocycles. The van der Waals surface area contributed by atoms with Crippen LogP contribution in [-0.4, -0.2) is 41.5 Å². The van der Waals surface area contributed by atoms with Gasteiger partial charge in [-0.25, -0.2) is 0 Å². The number of nitrogens with two attached hydrogens (primary N) is 1. The molecule has 0 aromatic rings. The van der Waals surface area contributed by atoms with Crippen molar-refractivity contribution < 1.29 is 14.7 Å². The normalized spacial score (nSPS) is 21.1. The minimum Gasteiger partial charge on any atom is -0.481 e. The smallest absolute Gasteiger partial charge is 0.303 e. The largest absolute Gasteiger partial charge is 0.481 e. The van der Waals surface area contributed by atoms with Gasteiger partial charge in [-0.05, 0) is 32.4 Å². The lowest BCUT2D eigenvalue weighted by Crippen LogP contribution is -2.28. The van der Waals surface area contributed by atoms with E-state index in [1.165, 1.54) is 0 Å². The van der Waals surface area contributed by atoms with Gasteiger partial charge in [0.2, 0.25) is 5.91 Å². The highest BCUT2D eigenvalue weighted by molar-refractivity contribution is 5.77. The third kappa shape index (κ3) is 4.61. The number of unbranched alkanes of at least 4 members (excludes halogenated alkanes) is 2. The zero-order chi connectivity index (χ0) is 12.0. The van der Waals surface area contributed by atoms with E-state index in [9.17, 15) is 9.59 Å². The number of carbonyl (C=O) groups is 2. The summed E-state index contributed by atoms with van der Waals surface area (Å²) in [6, 6.07) is 0. The molecule has 1 unspecified atom stereocenters. The van der Waals surface area contributed by atoms with Crippen LogP contribution in [0.4, 0.5) is 0 Å². The number of amides is 1. The summed E-state index contributed by atoms with van der Waals surface area (Å²) in [7, 11) is 0. The van der Waals surface area contributed by atoms with E-state index < -0.39 is 5.97 Å². The molecule has 5 nitrogen and oxygen atoms in total. The Morgan fingerprint density at radius 2 is 2.06 bits per heavy atom. The summed E-state index contributed by atoms with van der Waals surface area (Å²) in [5.74, 6) is -0.914. The van der Waals surface area contributed by atoms with Crippen LogP contribution in [0.15, 0.2) is 0 Å². The summed E-state index contributed by atoms with van der Waals surface area (Å²) >= 11 is 0. The number of aliphatic carboxylic acids is 1. The Hall–Kier alpha value is -1.10. The van der Waals surface area contributed by atoms with Crippen molar-refractivity contribution in [2.75, 3.05) is 19.6 Å². The molecule has 1 rings (SSSR count). The van der Waals surface area contributed by atoms with Gasteiger partial charge in [-0.3, -0.25) is 9.59 Å². The number of carbonyl (C=O) groups excluding carboxylic acids is 1. The van der Waals surface area contributed by atoms with Gasteiger partial charge in [-0.1, -0.05) is 6.42 Å². The number of nitrogens with zero attached hydrogens (tertiary/aromatic N) is 1. The Morgan fingerprint density at radius 3 is 2.62 bits per heavy atom. The lowest BCUT2D eigenvalue weighted by atomic mass is 10.1. The average Bonchev–Trinajstić information content (AvgIpc) is 2.65. The fraction of sp³-hybridized carbons (Fsp3) is 0.818. The molecule has 3 N–H and O–H groups in total. The van der Waals surface area contributed by atoms with Gasteiger partial charge in [-0.15, -0.1) is 0 Å². The van der Waals surface area contributed by atoms with E-state index in [-0.39, 0.29) is 18.2 Å². The molecule has 0 aliphatic carbocycles. The summed E-state index contributed by atoms with van der Waals surface area (Å²) in [5.41, 5.74) is 5.24. The van der Waals surface area contributed by atoms with Crippen molar-refractivity contribution in [3.05, 3.63) is 0 Å². The first-order valence-corrected chi connectivity index (χ1v) is 5.83. The van der Waals surface area contributed by atoms with Gasteiger partial charge in [0.25, 0.3) is 0 Å². The van der Waals surface area contributed by atoms with E-state index in [2.05, 4.69) is 4.90 Å². The monoisotopic (exact) mass is 228 g/mol. The summed E-state index contributed by atoms with van der Waals surface area (Å²) in [6.07, 6.45) is 3.79. The number of carboxylic acids is 1. The zero-order valence-electron chi connectivity index (χ0n) is 9.52. The maximum Gasteiger partial charge on any atom is 0.303 e. The SMILES string of the molecule is NC(=O)C1CCN(CCCCCC(=O)O)C1. The molecule has 1 amide bonds. The van der Waals surface area contributed by atoms with Crippen molar-refractivity contribution in [1.29, 1.82) is 0 Å². The molecule has 1 fully saturated rings. The van der Waals surface area contributed by atoms with Crippen LogP contribution in [0.5, 0.6) is 0 Å². The number of carboxylic acid groups (broad SMARTS) is 1. The van der Waals surface area contributed by atoms with Crippen LogP contribution in [0.25, 0.3) is 0 Å². The Morgan fingerprint density at radius 1 is 1.31 bits per heavy atom. The molecule has 1 aliphatic heterocycles. The zero-order valence-corrected chi connectivity index (χ0v) is 9.52. The number of hydrogen-bond donors (Lipinski definition) is 2. The van der Waals surface area contributed by atoms with Crippen molar-refractivity contribution >= 4 is 11.9 Å². The molecule has 1 heterocycles. The van der Waals surface area contributed by atoms with Crippen molar-refractivity contribution in [1.82, 2.24) is 4.90 Å². The summed E-state index contributed by atoms with van der Waals surface area (Å²) < 4.78 is 0. The number of primary amides is 1. The van der Waals surface area contributed by atoms with Crippen LogP contribution in [0.2, 0.25) is 0 Å². The van der Waals surface area contributed by atoms with E-state index in [4.69, 9.17) is 10.8 Å². The number of rotatable bonds is 7. The van der Waals surface area contributed by atoms with E-state index in [1.54, 1.807) is 0 Å². The lowest BCUT2D eigenvalue weighted by molar-refractivity contribution is -0.137. The number of hydrogen-bond acceptors (Lipinski definition) is 3. The highest BCUT2D eigenvalue weighted by Gasteiger charge is 2.25. The van der Waals surface area contributed by atoms with E-state index >= 15 is 0 Å². The molecule has 0 radical (unpaired) electrons. The molecule has 0 bridgehead atoms. The van der Waals surface area contributed by atoms with Gasteiger partial charge in [0.1, 0.15) is 0 Å². The molecular formula is C11H20N2O3. The summed E-state index contributed by atoms with van der Waals surface area (Å²) in [6.45, 7) is 2.66. The van der Waals surface area contributed by atoms with Crippen LogP contribution < -0.4 is 5.73 Å². The fourth-order valence-corrected chi connectivity index (χ4v) is 2.06. The van der Waals surface area contributed by atoms with Crippen molar-refractivity contribution in [3.63, 3.8) is 0 Å². The van der Waals surface area contributed by atoms with Crippen molar-refractivity contribution in [3.8, 4) is 0 Å².